The molecule has 0 fully saturated rings. The number of thioether (sulfide) groups is 1. The van der Waals surface area contributed by atoms with Crippen LogP contribution < -0.4 is 10.1 Å². The predicted molar refractivity (Wildman–Crippen MR) is 103 cm³/mol. The van der Waals surface area contributed by atoms with E-state index in [9.17, 15) is 4.79 Å². The van der Waals surface area contributed by atoms with Crippen molar-refractivity contribution in [1.29, 1.82) is 0 Å². The van der Waals surface area contributed by atoms with Crippen molar-refractivity contribution in [2.45, 2.75) is 11.5 Å². The quantitative estimate of drug-likeness (QED) is 0.619. The number of anilines is 1. The second kappa shape index (κ2) is 8.40. The number of amides is 1. The lowest BCUT2D eigenvalue weighted by Crippen LogP contribution is -2.15. The van der Waals surface area contributed by atoms with E-state index in [1.54, 1.807) is 11.8 Å². The zero-order chi connectivity index (χ0) is 17.5. The van der Waals surface area contributed by atoms with Crippen LogP contribution in [0.2, 0.25) is 0 Å². The van der Waals surface area contributed by atoms with E-state index < -0.39 is 0 Å². The molecule has 4 heteroatoms. The lowest BCUT2D eigenvalue weighted by Gasteiger charge is -2.12. The van der Waals surface area contributed by atoms with E-state index in [4.69, 9.17) is 4.74 Å². The number of para-hydroxylation sites is 1. The lowest BCUT2D eigenvalue weighted by molar-refractivity contribution is 0.102. The largest absolute Gasteiger partial charge is 0.489 e. The minimum atomic E-state index is -0.135. The van der Waals surface area contributed by atoms with Crippen molar-refractivity contribution in [3.05, 3.63) is 90.0 Å². The number of rotatable bonds is 6. The van der Waals surface area contributed by atoms with Gasteiger partial charge in [-0.3, -0.25) is 4.79 Å². The Balaban J connectivity index is 1.71. The van der Waals surface area contributed by atoms with Crippen molar-refractivity contribution < 1.29 is 9.53 Å². The summed E-state index contributed by atoms with van der Waals surface area (Å²) < 4.78 is 5.78. The molecule has 3 aromatic carbocycles. The molecule has 3 aromatic rings. The molecule has 0 atom stereocenters. The monoisotopic (exact) mass is 349 g/mol. The van der Waals surface area contributed by atoms with Crippen LogP contribution in [-0.4, -0.2) is 12.2 Å². The Labute approximate surface area is 152 Å². The van der Waals surface area contributed by atoms with Gasteiger partial charge < -0.3 is 10.1 Å². The van der Waals surface area contributed by atoms with Crippen LogP contribution in [-0.2, 0) is 6.61 Å². The summed E-state index contributed by atoms with van der Waals surface area (Å²) in [5.41, 5.74) is 2.25. The molecule has 25 heavy (non-hydrogen) atoms. The fourth-order valence-corrected chi connectivity index (χ4v) is 2.83. The van der Waals surface area contributed by atoms with Crippen LogP contribution in [0, 0.1) is 0 Å². The normalized spacial score (nSPS) is 10.3. The highest BCUT2D eigenvalue weighted by atomic mass is 32.2. The minimum Gasteiger partial charge on any atom is -0.489 e. The first-order valence-corrected chi connectivity index (χ1v) is 9.20. The third-order valence-electron chi connectivity index (χ3n) is 3.75. The van der Waals surface area contributed by atoms with Crippen molar-refractivity contribution in [3.8, 4) is 5.75 Å². The smallest absolute Gasteiger partial charge is 0.256 e. The Morgan fingerprint density at radius 1 is 0.920 bits per heavy atom. The molecule has 0 saturated heterocycles. The molecule has 0 heterocycles. The zero-order valence-corrected chi connectivity index (χ0v) is 14.8. The number of benzene rings is 3. The maximum atomic E-state index is 12.6. The third-order valence-corrected chi connectivity index (χ3v) is 4.49. The lowest BCUT2D eigenvalue weighted by atomic mass is 10.1. The molecule has 0 aliphatic heterocycles. The topological polar surface area (TPSA) is 38.3 Å². The van der Waals surface area contributed by atoms with E-state index in [1.807, 2.05) is 85.1 Å². The molecule has 3 nitrogen and oxygen atoms in total. The molecule has 0 aliphatic carbocycles. The van der Waals surface area contributed by atoms with Crippen LogP contribution in [0.4, 0.5) is 5.69 Å². The van der Waals surface area contributed by atoms with E-state index in [1.165, 1.54) is 0 Å². The fraction of sp³-hybridized carbons (Fsp3) is 0.0952. The average molecular weight is 349 g/mol. The van der Waals surface area contributed by atoms with Crippen LogP contribution >= 0.6 is 11.8 Å². The van der Waals surface area contributed by atoms with Crippen molar-refractivity contribution in [2.24, 2.45) is 0 Å². The van der Waals surface area contributed by atoms with Gasteiger partial charge in [-0.25, -0.2) is 0 Å². The molecular weight excluding hydrogens is 330 g/mol. The highest BCUT2D eigenvalue weighted by Crippen LogP contribution is 2.19. The fourth-order valence-electron chi connectivity index (χ4n) is 2.42. The molecule has 0 spiro atoms. The number of ether oxygens (including phenoxy) is 1. The molecule has 126 valence electrons. The molecule has 1 N–H and O–H groups in total. The zero-order valence-electron chi connectivity index (χ0n) is 13.9. The van der Waals surface area contributed by atoms with Gasteiger partial charge in [-0.1, -0.05) is 36.4 Å². The summed E-state index contributed by atoms with van der Waals surface area (Å²) in [5.74, 6) is 0.648. The van der Waals surface area contributed by atoms with E-state index in [0.29, 0.717) is 12.2 Å². The highest BCUT2D eigenvalue weighted by Gasteiger charge is 2.11. The second-order valence-electron chi connectivity index (χ2n) is 5.44. The molecule has 1 amide bonds. The number of carbonyl (C=O) groups excluding carboxylic acids is 1. The first-order valence-electron chi connectivity index (χ1n) is 7.97. The van der Waals surface area contributed by atoms with E-state index >= 15 is 0 Å². The van der Waals surface area contributed by atoms with Gasteiger partial charge in [0.15, 0.2) is 0 Å². The average Bonchev–Trinajstić information content (AvgIpc) is 2.68. The summed E-state index contributed by atoms with van der Waals surface area (Å²) in [6, 6.07) is 24.9. The van der Waals surface area contributed by atoms with Crippen molar-refractivity contribution in [2.75, 3.05) is 11.6 Å². The first-order chi connectivity index (χ1) is 12.3. The van der Waals surface area contributed by atoms with Crippen LogP contribution in [0.25, 0.3) is 0 Å². The van der Waals surface area contributed by atoms with Gasteiger partial charge in [0.1, 0.15) is 12.4 Å². The van der Waals surface area contributed by atoms with Crippen LogP contribution in [0.5, 0.6) is 5.75 Å². The van der Waals surface area contributed by atoms with Gasteiger partial charge in [-0.2, -0.15) is 0 Å². The Bertz CT molecular complexity index is 832. The summed E-state index contributed by atoms with van der Waals surface area (Å²) in [5, 5.41) is 2.94. The summed E-state index contributed by atoms with van der Waals surface area (Å²) >= 11 is 1.67. The standard InChI is InChI=1S/C21H19NO2S/c1-25-19-13-11-17(12-14-19)22-21(23)20-10-6-5-7-16(20)15-24-18-8-3-2-4-9-18/h2-14H,15H2,1H3,(H,22,23). The molecule has 0 aliphatic rings. The van der Waals surface area contributed by atoms with Crippen LogP contribution in [0.3, 0.4) is 0 Å². The molecule has 0 aromatic heterocycles. The third kappa shape index (κ3) is 4.64. The summed E-state index contributed by atoms with van der Waals surface area (Å²) in [6.45, 7) is 0.346. The Kier molecular flexibility index (Phi) is 5.75. The van der Waals surface area contributed by atoms with Crippen LogP contribution in [0.1, 0.15) is 15.9 Å². The Morgan fingerprint density at radius 3 is 2.32 bits per heavy atom. The van der Waals surface area contributed by atoms with Crippen molar-refractivity contribution in [1.82, 2.24) is 0 Å². The van der Waals surface area contributed by atoms with Gasteiger partial charge in [0.25, 0.3) is 5.91 Å². The van der Waals surface area contributed by atoms with E-state index in [0.717, 1.165) is 21.9 Å². The van der Waals surface area contributed by atoms with Crippen molar-refractivity contribution in [3.63, 3.8) is 0 Å². The van der Waals surface area contributed by atoms with Gasteiger partial charge in [-0.05, 0) is 48.7 Å². The van der Waals surface area contributed by atoms with Crippen LogP contribution in [0.15, 0.2) is 83.8 Å². The highest BCUT2D eigenvalue weighted by molar-refractivity contribution is 7.98. The van der Waals surface area contributed by atoms with Gasteiger partial charge in [0.05, 0.1) is 0 Å². The summed E-state index contributed by atoms with van der Waals surface area (Å²) in [7, 11) is 0. The second-order valence-corrected chi connectivity index (χ2v) is 6.32. The molecular formula is C21H19NO2S. The van der Waals surface area contributed by atoms with E-state index in [-0.39, 0.29) is 5.91 Å². The number of hydrogen-bond acceptors (Lipinski definition) is 3. The SMILES string of the molecule is CSc1ccc(NC(=O)c2ccccc2COc2ccccc2)cc1. The maximum Gasteiger partial charge on any atom is 0.256 e. The minimum absolute atomic E-state index is 0.135. The van der Waals surface area contributed by atoms with Gasteiger partial charge in [0.2, 0.25) is 0 Å². The Morgan fingerprint density at radius 2 is 1.60 bits per heavy atom. The van der Waals surface area contributed by atoms with Gasteiger partial charge in [-0.15, -0.1) is 11.8 Å². The number of hydrogen-bond donors (Lipinski definition) is 1. The summed E-state index contributed by atoms with van der Waals surface area (Å²) in [4.78, 5) is 13.8. The number of carbonyl (C=O) groups is 1. The first kappa shape index (κ1) is 17.1. The molecule has 0 unspecified atom stereocenters. The van der Waals surface area contributed by atoms with E-state index in [2.05, 4.69) is 5.32 Å². The van der Waals surface area contributed by atoms with Gasteiger partial charge >= 0.3 is 0 Å². The molecule has 0 radical (unpaired) electrons. The predicted octanol–water partition coefficient (Wildman–Crippen LogP) is 5.24. The maximum absolute atomic E-state index is 12.6. The summed E-state index contributed by atoms with van der Waals surface area (Å²) in [6.07, 6.45) is 2.02. The molecule has 0 saturated carbocycles. The van der Waals surface area contributed by atoms with Crippen molar-refractivity contribution >= 4 is 23.4 Å². The Hall–Kier alpha value is -2.72. The molecule has 0 bridgehead atoms. The van der Waals surface area contributed by atoms with Gasteiger partial charge in [0, 0.05) is 21.7 Å². The number of nitrogens with one attached hydrogen (secondary N) is 1. The molecule has 3 rings (SSSR count).